The predicted octanol–water partition coefficient (Wildman–Crippen LogP) is 4.99. The molecular formula is C11H10BrClOS. The molecule has 2 heterocycles. The van der Waals surface area contributed by atoms with Gasteiger partial charge in [0, 0.05) is 21.3 Å². The van der Waals surface area contributed by atoms with Gasteiger partial charge >= 0.3 is 0 Å². The monoisotopic (exact) mass is 304 g/mol. The summed E-state index contributed by atoms with van der Waals surface area (Å²) >= 11 is 11.6. The molecule has 0 bridgehead atoms. The fraction of sp³-hybridized carbons (Fsp3) is 0.273. The number of hydrogen-bond acceptors (Lipinski definition) is 2. The molecule has 1 atom stereocenters. The quantitative estimate of drug-likeness (QED) is 0.728. The number of aryl methyl sites for hydroxylation is 1. The van der Waals surface area contributed by atoms with Crippen LogP contribution < -0.4 is 0 Å². The van der Waals surface area contributed by atoms with Gasteiger partial charge in [0.2, 0.25) is 0 Å². The van der Waals surface area contributed by atoms with Crippen molar-refractivity contribution in [1.29, 1.82) is 0 Å². The van der Waals surface area contributed by atoms with Gasteiger partial charge in [0.05, 0.1) is 11.6 Å². The first-order valence-corrected chi connectivity index (χ1v) is 6.78. The maximum Gasteiger partial charge on any atom is 0.108 e. The van der Waals surface area contributed by atoms with Crippen LogP contribution in [0.1, 0.15) is 28.5 Å². The second-order valence-electron chi connectivity index (χ2n) is 3.15. The molecule has 0 aliphatic heterocycles. The van der Waals surface area contributed by atoms with Crippen LogP contribution >= 0.6 is 38.9 Å². The lowest BCUT2D eigenvalue weighted by Crippen LogP contribution is -1.93. The molecule has 0 spiro atoms. The molecular weight excluding hydrogens is 296 g/mol. The van der Waals surface area contributed by atoms with Crippen molar-refractivity contribution in [3.8, 4) is 0 Å². The Labute approximate surface area is 106 Å². The average Bonchev–Trinajstić information content (AvgIpc) is 2.84. The molecule has 15 heavy (non-hydrogen) atoms. The van der Waals surface area contributed by atoms with Gasteiger partial charge in [0.1, 0.15) is 5.76 Å². The van der Waals surface area contributed by atoms with Gasteiger partial charge < -0.3 is 4.42 Å². The maximum atomic E-state index is 6.42. The molecule has 0 N–H and O–H groups in total. The molecule has 0 aromatic carbocycles. The summed E-state index contributed by atoms with van der Waals surface area (Å²) in [4.78, 5) is 1.13. The van der Waals surface area contributed by atoms with E-state index in [0.29, 0.717) is 0 Å². The van der Waals surface area contributed by atoms with Crippen molar-refractivity contribution in [2.24, 2.45) is 0 Å². The molecule has 80 valence electrons. The summed E-state index contributed by atoms with van der Waals surface area (Å²) in [7, 11) is 0. The highest BCUT2D eigenvalue weighted by atomic mass is 79.9. The van der Waals surface area contributed by atoms with Gasteiger partial charge in [-0.1, -0.05) is 6.92 Å². The van der Waals surface area contributed by atoms with E-state index in [-0.39, 0.29) is 5.38 Å². The van der Waals surface area contributed by atoms with E-state index in [1.807, 2.05) is 17.5 Å². The lowest BCUT2D eigenvalue weighted by molar-refractivity contribution is 0.512. The molecule has 0 saturated heterocycles. The minimum Gasteiger partial charge on any atom is -0.469 e. The standard InChI is InChI=1S/C11H10BrClOS/c1-2-9-7(3-5-14-9)10(13)11-8(12)4-6-15-11/h3-6,10H,2H2,1H3. The zero-order valence-corrected chi connectivity index (χ0v) is 11.3. The molecule has 0 radical (unpaired) electrons. The molecule has 0 aliphatic carbocycles. The highest BCUT2D eigenvalue weighted by Gasteiger charge is 2.19. The van der Waals surface area contributed by atoms with Gasteiger partial charge in [-0.25, -0.2) is 0 Å². The Balaban J connectivity index is 2.36. The third-order valence-corrected chi connectivity index (χ3v) is 4.77. The zero-order chi connectivity index (χ0) is 10.8. The van der Waals surface area contributed by atoms with Gasteiger partial charge in [-0.2, -0.15) is 0 Å². The molecule has 1 nitrogen and oxygen atoms in total. The first-order chi connectivity index (χ1) is 7.24. The minimum absolute atomic E-state index is 0.118. The molecule has 2 aromatic heterocycles. The molecule has 0 fully saturated rings. The zero-order valence-electron chi connectivity index (χ0n) is 8.17. The fourth-order valence-electron chi connectivity index (χ4n) is 1.49. The largest absolute Gasteiger partial charge is 0.469 e. The lowest BCUT2D eigenvalue weighted by Gasteiger charge is -2.07. The minimum atomic E-state index is -0.118. The Morgan fingerprint density at radius 1 is 1.53 bits per heavy atom. The second-order valence-corrected chi connectivity index (χ2v) is 5.39. The van der Waals surface area contributed by atoms with Crippen molar-refractivity contribution < 1.29 is 4.42 Å². The van der Waals surface area contributed by atoms with Crippen LogP contribution in [0, 0.1) is 0 Å². The van der Waals surface area contributed by atoms with Crippen LogP contribution in [0.2, 0.25) is 0 Å². The van der Waals surface area contributed by atoms with Crippen LogP contribution in [-0.4, -0.2) is 0 Å². The van der Waals surface area contributed by atoms with Crippen molar-refractivity contribution in [1.82, 2.24) is 0 Å². The highest BCUT2D eigenvalue weighted by molar-refractivity contribution is 9.10. The Bertz CT molecular complexity index is 449. The average molecular weight is 306 g/mol. The Morgan fingerprint density at radius 2 is 2.33 bits per heavy atom. The van der Waals surface area contributed by atoms with E-state index in [1.165, 1.54) is 0 Å². The lowest BCUT2D eigenvalue weighted by atomic mass is 10.1. The van der Waals surface area contributed by atoms with Crippen LogP contribution in [0.15, 0.2) is 32.7 Å². The number of alkyl halides is 1. The number of thiophene rings is 1. The number of furan rings is 1. The van der Waals surface area contributed by atoms with Gasteiger partial charge in [-0.15, -0.1) is 22.9 Å². The van der Waals surface area contributed by atoms with Crippen molar-refractivity contribution in [3.05, 3.63) is 44.4 Å². The van der Waals surface area contributed by atoms with Crippen LogP contribution in [0.3, 0.4) is 0 Å². The first-order valence-electron chi connectivity index (χ1n) is 4.67. The maximum absolute atomic E-state index is 6.42. The number of hydrogen-bond donors (Lipinski definition) is 0. The summed E-state index contributed by atoms with van der Waals surface area (Å²) in [5.41, 5.74) is 1.07. The normalized spacial score (nSPS) is 13.0. The molecule has 4 heteroatoms. The molecule has 0 aliphatic rings. The van der Waals surface area contributed by atoms with Crippen LogP contribution in [0.5, 0.6) is 0 Å². The van der Waals surface area contributed by atoms with E-state index in [9.17, 15) is 0 Å². The third-order valence-electron chi connectivity index (χ3n) is 2.25. The first kappa shape index (κ1) is 11.2. The fourth-order valence-corrected chi connectivity index (χ4v) is 3.68. The van der Waals surface area contributed by atoms with E-state index in [2.05, 4.69) is 22.9 Å². The van der Waals surface area contributed by atoms with E-state index >= 15 is 0 Å². The van der Waals surface area contributed by atoms with Crippen LogP contribution in [-0.2, 0) is 6.42 Å². The molecule has 1 unspecified atom stereocenters. The number of rotatable bonds is 3. The van der Waals surface area contributed by atoms with Crippen molar-refractivity contribution >= 4 is 38.9 Å². The predicted molar refractivity (Wildman–Crippen MR) is 67.8 cm³/mol. The summed E-state index contributed by atoms with van der Waals surface area (Å²) < 4.78 is 6.44. The summed E-state index contributed by atoms with van der Waals surface area (Å²) in [6.45, 7) is 2.06. The summed E-state index contributed by atoms with van der Waals surface area (Å²) in [5.74, 6) is 0.968. The second kappa shape index (κ2) is 4.73. The van der Waals surface area contributed by atoms with Crippen molar-refractivity contribution in [2.75, 3.05) is 0 Å². The smallest absolute Gasteiger partial charge is 0.108 e. The van der Waals surface area contributed by atoms with E-state index in [4.69, 9.17) is 16.0 Å². The van der Waals surface area contributed by atoms with Gasteiger partial charge in [-0.05, 0) is 33.4 Å². The van der Waals surface area contributed by atoms with Gasteiger partial charge in [0.15, 0.2) is 0 Å². The Morgan fingerprint density at radius 3 is 2.93 bits per heavy atom. The van der Waals surface area contributed by atoms with Crippen LogP contribution in [0.25, 0.3) is 0 Å². The third kappa shape index (κ3) is 2.14. The topological polar surface area (TPSA) is 13.1 Å². The highest BCUT2D eigenvalue weighted by Crippen LogP contribution is 2.39. The molecule has 0 saturated carbocycles. The summed E-state index contributed by atoms with van der Waals surface area (Å²) in [6.07, 6.45) is 2.57. The SMILES string of the molecule is CCc1occc1C(Cl)c1sccc1Br. The Hall–Kier alpha value is -0.250. The number of halogens is 2. The van der Waals surface area contributed by atoms with Crippen LogP contribution in [0.4, 0.5) is 0 Å². The van der Waals surface area contributed by atoms with Gasteiger partial charge in [-0.3, -0.25) is 0 Å². The molecule has 2 rings (SSSR count). The molecule has 2 aromatic rings. The van der Waals surface area contributed by atoms with E-state index < -0.39 is 0 Å². The summed E-state index contributed by atoms with van der Waals surface area (Å²) in [6, 6.07) is 3.96. The molecule has 0 amide bonds. The Kier molecular flexibility index (Phi) is 3.54. The van der Waals surface area contributed by atoms with Gasteiger partial charge in [0.25, 0.3) is 0 Å². The summed E-state index contributed by atoms with van der Waals surface area (Å²) in [5, 5.41) is 1.91. The van der Waals surface area contributed by atoms with E-state index in [1.54, 1.807) is 17.6 Å². The van der Waals surface area contributed by atoms with E-state index in [0.717, 1.165) is 27.1 Å². The van der Waals surface area contributed by atoms with Crippen molar-refractivity contribution in [2.45, 2.75) is 18.7 Å². The van der Waals surface area contributed by atoms with Crippen molar-refractivity contribution in [3.63, 3.8) is 0 Å².